The van der Waals surface area contributed by atoms with Gasteiger partial charge < -0.3 is 9.80 Å². The Labute approximate surface area is 375 Å². The van der Waals surface area contributed by atoms with Gasteiger partial charge in [0.1, 0.15) is 23.3 Å². The summed E-state index contributed by atoms with van der Waals surface area (Å²) in [5.41, 5.74) is 2.98. The Morgan fingerprint density at radius 1 is 0.409 bits per heavy atom. The van der Waals surface area contributed by atoms with E-state index in [1.165, 1.54) is 12.1 Å². The molecule has 0 aliphatic heterocycles. The molecule has 6 nitrogen and oxygen atoms in total. The third-order valence-electron chi connectivity index (χ3n) is 11.8. The number of rotatable bonds is 8. The number of nitriles is 3. The normalized spacial score (nSPS) is 11.0. The fraction of sp³-hybridized carbons (Fsp3) is 0. The first-order valence-electron chi connectivity index (χ1n) is 20.5. The second-order valence-corrected chi connectivity index (χ2v) is 15.4. The van der Waals surface area contributed by atoms with Gasteiger partial charge in [-0.3, -0.25) is 0 Å². The Hall–Kier alpha value is -9.48. The molecule has 0 radical (unpaired) electrons. The van der Waals surface area contributed by atoms with E-state index in [0.717, 1.165) is 45.8 Å². The van der Waals surface area contributed by atoms with Crippen molar-refractivity contribution < 1.29 is 17.6 Å². The maximum absolute atomic E-state index is 16.8. The molecule has 0 saturated heterocycles. The molecule has 0 aliphatic carbocycles. The third-order valence-corrected chi connectivity index (χ3v) is 11.8. The largest absolute Gasteiger partial charge is 0.307 e. The quantitative estimate of drug-likeness (QED) is 0.0863. The van der Waals surface area contributed by atoms with Crippen LogP contribution >= 0.6 is 0 Å². The number of hydrogen-bond acceptors (Lipinski definition) is 5. The molecule has 10 aromatic carbocycles. The third kappa shape index (κ3) is 6.71. The maximum Gasteiger partial charge on any atom is 0.187 e. The van der Waals surface area contributed by atoms with Crippen molar-refractivity contribution in [3.63, 3.8) is 0 Å². The van der Waals surface area contributed by atoms with Gasteiger partial charge in [-0.2, -0.15) is 15.8 Å². The highest BCUT2D eigenvalue weighted by Crippen LogP contribution is 2.49. The minimum atomic E-state index is -0.771. The number of hydrogen-bond donors (Lipinski definition) is 0. The van der Waals surface area contributed by atoms with E-state index in [1.807, 2.05) is 48.5 Å². The van der Waals surface area contributed by atoms with Crippen molar-refractivity contribution in [1.82, 2.24) is 0 Å². The van der Waals surface area contributed by atoms with Crippen LogP contribution in [0.2, 0.25) is 0 Å². The van der Waals surface area contributed by atoms with Crippen LogP contribution in [0, 0.1) is 63.8 Å². The van der Waals surface area contributed by atoms with Gasteiger partial charge in [0, 0.05) is 56.5 Å². The van der Waals surface area contributed by atoms with Gasteiger partial charge in [0.15, 0.2) is 5.69 Å². The van der Waals surface area contributed by atoms with Crippen LogP contribution in [0.15, 0.2) is 170 Å². The van der Waals surface area contributed by atoms with E-state index in [9.17, 15) is 15.8 Å². The number of nitrogens with zero attached hydrogens (tertiary/aromatic N) is 6. The zero-order valence-electron chi connectivity index (χ0n) is 34.4. The average Bonchev–Trinajstić information content (AvgIpc) is 3.36. The van der Waals surface area contributed by atoms with E-state index in [2.05, 4.69) is 23.1 Å². The van der Waals surface area contributed by atoms with Crippen molar-refractivity contribution in [3.05, 3.63) is 221 Å². The standard InChI is InChI=1S/C56H28F4N6/c1-64-38-16-20-40(21-17-38)66(54-29-48(58)46(27-50(54)60)42-9-5-3-7-37(42)32-63)52-25-15-35-12-22-43-51(24-14-34-13-23-44(52)56(35)55(34)43)65(39-18-10-33(30-61)11-19-39)53-28-47(57)45(26-49(53)59)41-8-4-2-6-36(41)31-62/h2-29H. The molecule has 0 spiro atoms. The van der Waals surface area contributed by atoms with E-state index >= 15 is 17.6 Å². The second-order valence-electron chi connectivity index (χ2n) is 15.4. The van der Waals surface area contributed by atoms with Crippen LogP contribution in [0.3, 0.4) is 0 Å². The summed E-state index contributed by atoms with van der Waals surface area (Å²) in [4.78, 5) is 6.70. The van der Waals surface area contributed by atoms with Gasteiger partial charge in [-0.25, -0.2) is 22.4 Å². The second kappa shape index (κ2) is 16.3. The Kier molecular flexibility index (Phi) is 10.0. The molecule has 0 aromatic heterocycles. The molecule has 0 unspecified atom stereocenters. The van der Waals surface area contributed by atoms with E-state index in [1.54, 1.807) is 94.7 Å². The lowest BCUT2D eigenvalue weighted by atomic mass is 9.91. The summed E-state index contributed by atoms with van der Waals surface area (Å²) < 4.78 is 66.4. The lowest BCUT2D eigenvalue weighted by Crippen LogP contribution is -2.14. The Bertz CT molecular complexity index is 3520. The summed E-state index contributed by atoms with van der Waals surface area (Å²) in [6, 6.07) is 51.3. The van der Waals surface area contributed by atoms with E-state index in [0.29, 0.717) is 44.8 Å². The molecule has 0 bridgehead atoms. The number of benzene rings is 10. The molecule has 0 N–H and O–H groups in total. The monoisotopic (exact) mass is 860 g/mol. The highest BCUT2D eigenvalue weighted by atomic mass is 19.1. The van der Waals surface area contributed by atoms with E-state index in [-0.39, 0.29) is 44.8 Å². The Balaban J connectivity index is 1.20. The van der Waals surface area contributed by atoms with Crippen LogP contribution in [-0.4, -0.2) is 0 Å². The number of halogens is 4. The van der Waals surface area contributed by atoms with Gasteiger partial charge >= 0.3 is 0 Å². The topological polar surface area (TPSA) is 82.2 Å². The Morgan fingerprint density at radius 2 is 0.833 bits per heavy atom. The molecule has 10 heteroatoms. The van der Waals surface area contributed by atoms with Gasteiger partial charge in [0.05, 0.1) is 64.2 Å². The molecule has 66 heavy (non-hydrogen) atoms. The fourth-order valence-electron chi connectivity index (χ4n) is 8.80. The predicted octanol–water partition coefficient (Wildman–Crippen LogP) is 15.6. The first-order chi connectivity index (χ1) is 32.2. The Morgan fingerprint density at radius 3 is 1.26 bits per heavy atom. The smallest absolute Gasteiger partial charge is 0.187 e. The summed E-state index contributed by atoms with van der Waals surface area (Å²) >= 11 is 0. The van der Waals surface area contributed by atoms with E-state index < -0.39 is 23.3 Å². The van der Waals surface area contributed by atoms with Crippen LogP contribution in [0.4, 0.5) is 57.4 Å². The van der Waals surface area contributed by atoms with Gasteiger partial charge in [-0.1, -0.05) is 84.9 Å². The van der Waals surface area contributed by atoms with Gasteiger partial charge in [0.25, 0.3) is 0 Å². The molecule has 310 valence electrons. The van der Waals surface area contributed by atoms with Crippen LogP contribution in [-0.2, 0) is 0 Å². The molecule has 0 fully saturated rings. The molecule has 10 rings (SSSR count). The van der Waals surface area contributed by atoms with Gasteiger partial charge in [-0.05, 0) is 94.3 Å². The number of anilines is 6. The minimum absolute atomic E-state index is 0.0793. The maximum atomic E-state index is 16.8. The predicted molar refractivity (Wildman–Crippen MR) is 251 cm³/mol. The van der Waals surface area contributed by atoms with Crippen LogP contribution in [0.1, 0.15) is 16.7 Å². The van der Waals surface area contributed by atoms with Crippen LogP contribution in [0.25, 0.3) is 59.4 Å². The lowest BCUT2D eigenvalue weighted by Gasteiger charge is -2.30. The summed E-state index contributed by atoms with van der Waals surface area (Å²) in [6.07, 6.45) is 0. The van der Waals surface area contributed by atoms with Crippen molar-refractivity contribution in [2.45, 2.75) is 0 Å². The van der Waals surface area contributed by atoms with Crippen molar-refractivity contribution in [2.24, 2.45) is 0 Å². The summed E-state index contributed by atoms with van der Waals surface area (Å²) in [7, 11) is 0. The highest BCUT2D eigenvalue weighted by Gasteiger charge is 2.27. The molecule has 0 aliphatic rings. The average molecular weight is 861 g/mol. The molecule has 0 heterocycles. The van der Waals surface area contributed by atoms with Crippen molar-refractivity contribution in [3.8, 4) is 40.5 Å². The molecule has 0 amide bonds. The zero-order valence-corrected chi connectivity index (χ0v) is 34.4. The highest BCUT2D eigenvalue weighted by molar-refractivity contribution is 6.28. The minimum Gasteiger partial charge on any atom is -0.307 e. The van der Waals surface area contributed by atoms with Crippen LogP contribution in [0.5, 0.6) is 0 Å². The zero-order chi connectivity index (χ0) is 45.6. The van der Waals surface area contributed by atoms with Crippen molar-refractivity contribution in [1.29, 1.82) is 15.8 Å². The van der Waals surface area contributed by atoms with Gasteiger partial charge in [-0.15, -0.1) is 0 Å². The van der Waals surface area contributed by atoms with E-state index in [4.69, 9.17) is 6.57 Å². The van der Waals surface area contributed by atoms with Crippen LogP contribution < -0.4 is 9.80 Å². The first-order valence-corrected chi connectivity index (χ1v) is 20.5. The molecule has 0 atom stereocenters. The molecular weight excluding hydrogens is 833 g/mol. The summed E-state index contributed by atoms with van der Waals surface area (Å²) in [6.45, 7) is 7.55. The summed E-state index contributed by atoms with van der Waals surface area (Å²) in [5, 5.41) is 33.6. The SMILES string of the molecule is [C-]#[N+]c1ccc(N(c2cc(F)c(-c3ccccc3C#N)cc2F)c2ccc3ccc4c(N(c5ccc(C#N)cc5)c5cc(F)c(-c6ccccc6C#N)cc5F)ccc5ccc2c3c54)cc1. The fourth-order valence-corrected chi connectivity index (χ4v) is 8.80. The van der Waals surface area contributed by atoms with Crippen molar-refractivity contribution >= 4 is 72.1 Å². The lowest BCUT2D eigenvalue weighted by molar-refractivity contribution is 0.604. The molecule has 10 aromatic rings. The molecule has 0 saturated carbocycles. The summed E-state index contributed by atoms with van der Waals surface area (Å²) in [5.74, 6) is -3.05. The first kappa shape index (κ1) is 40.6. The molecular formula is C56H28F4N6. The van der Waals surface area contributed by atoms with Crippen molar-refractivity contribution in [2.75, 3.05) is 9.80 Å². The van der Waals surface area contributed by atoms with Gasteiger partial charge in [0.2, 0.25) is 0 Å².